The number of ether oxygens (including phenoxy) is 1. The van der Waals surface area contributed by atoms with E-state index in [2.05, 4.69) is 11.8 Å². The highest BCUT2D eigenvalue weighted by Crippen LogP contribution is 2.30. The smallest absolute Gasteiger partial charge is 0.0594 e. The van der Waals surface area contributed by atoms with E-state index in [9.17, 15) is 0 Å². The van der Waals surface area contributed by atoms with Gasteiger partial charge in [-0.2, -0.15) is 0 Å². The molecule has 1 aliphatic carbocycles. The van der Waals surface area contributed by atoms with Crippen LogP contribution in [0.3, 0.4) is 0 Å². The second kappa shape index (κ2) is 5.99. The Bertz CT molecular complexity index is 204. The van der Waals surface area contributed by atoms with Crippen molar-refractivity contribution < 1.29 is 4.74 Å². The SMILES string of the molecule is CCCC1CCC(N)C(N2CCOCC2)C1. The quantitative estimate of drug-likeness (QED) is 0.794. The molecule has 3 atom stereocenters. The first-order valence-corrected chi connectivity index (χ1v) is 6.88. The monoisotopic (exact) mass is 226 g/mol. The lowest BCUT2D eigenvalue weighted by molar-refractivity contribution is -0.00310. The fourth-order valence-corrected chi connectivity index (χ4v) is 3.25. The maximum atomic E-state index is 6.29. The molecule has 3 heteroatoms. The van der Waals surface area contributed by atoms with E-state index in [1.165, 1.54) is 32.1 Å². The Morgan fingerprint density at radius 1 is 1.25 bits per heavy atom. The molecule has 0 bridgehead atoms. The first-order valence-electron chi connectivity index (χ1n) is 6.88. The van der Waals surface area contributed by atoms with Gasteiger partial charge in [-0.25, -0.2) is 0 Å². The van der Waals surface area contributed by atoms with Crippen molar-refractivity contribution in [2.45, 2.75) is 51.1 Å². The average Bonchev–Trinajstić information content (AvgIpc) is 2.33. The summed E-state index contributed by atoms with van der Waals surface area (Å²) in [5.41, 5.74) is 6.29. The summed E-state index contributed by atoms with van der Waals surface area (Å²) in [5, 5.41) is 0. The summed E-state index contributed by atoms with van der Waals surface area (Å²) in [5.74, 6) is 0.914. The Morgan fingerprint density at radius 2 is 2.00 bits per heavy atom. The summed E-state index contributed by atoms with van der Waals surface area (Å²) in [7, 11) is 0. The third-order valence-electron chi connectivity index (χ3n) is 4.19. The van der Waals surface area contributed by atoms with Gasteiger partial charge in [-0.15, -0.1) is 0 Å². The fourth-order valence-electron chi connectivity index (χ4n) is 3.25. The zero-order valence-electron chi connectivity index (χ0n) is 10.5. The molecular weight excluding hydrogens is 200 g/mol. The van der Waals surface area contributed by atoms with Crippen LogP contribution in [0.15, 0.2) is 0 Å². The van der Waals surface area contributed by atoms with Crippen molar-refractivity contribution in [3.8, 4) is 0 Å². The summed E-state index contributed by atoms with van der Waals surface area (Å²) in [4.78, 5) is 2.57. The third-order valence-corrected chi connectivity index (χ3v) is 4.19. The highest BCUT2D eigenvalue weighted by atomic mass is 16.5. The largest absolute Gasteiger partial charge is 0.379 e. The Labute approximate surface area is 99.3 Å². The molecule has 1 heterocycles. The van der Waals surface area contributed by atoms with Crippen LogP contribution in [0.25, 0.3) is 0 Å². The lowest BCUT2D eigenvalue weighted by Crippen LogP contribution is -2.54. The average molecular weight is 226 g/mol. The van der Waals surface area contributed by atoms with Crippen LogP contribution in [-0.2, 0) is 4.74 Å². The van der Waals surface area contributed by atoms with Gasteiger partial charge in [-0.1, -0.05) is 19.8 Å². The molecule has 2 fully saturated rings. The van der Waals surface area contributed by atoms with E-state index in [0.717, 1.165) is 32.2 Å². The lowest BCUT2D eigenvalue weighted by atomic mass is 9.80. The maximum Gasteiger partial charge on any atom is 0.0594 e. The fraction of sp³-hybridized carbons (Fsp3) is 1.00. The van der Waals surface area contributed by atoms with Crippen molar-refractivity contribution >= 4 is 0 Å². The Hall–Kier alpha value is -0.120. The Kier molecular flexibility index (Phi) is 4.62. The molecule has 16 heavy (non-hydrogen) atoms. The van der Waals surface area contributed by atoms with E-state index in [4.69, 9.17) is 10.5 Å². The molecule has 0 aromatic carbocycles. The van der Waals surface area contributed by atoms with Gasteiger partial charge in [0.05, 0.1) is 13.2 Å². The Morgan fingerprint density at radius 3 is 2.69 bits per heavy atom. The number of hydrogen-bond acceptors (Lipinski definition) is 3. The van der Waals surface area contributed by atoms with Crippen molar-refractivity contribution in [1.82, 2.24) is 4.90 Å². The summed E-state index contributed by atoms with van der Waals surface area (Å²) in [6.45, 7) is 6.23. The summed E-state index contributed by atoms with van der Waals surface area (Å²) in [6.07, 6.45) is 6.57. The summed E-state index contributed by atoms with van der Waals surface area (Å²) in [6, 6.07) is 1.01. The first kappa shape index (κ1) is 12.3. The first-order chi connectivity index (χ1) is 7.81. The molecule has 3 unspecified atom stereocenters. The molecule has 0 amide bonds. The second-order valence-electron chi connectivity index (χ2n) is 5.35. The van der Waals surface area contributed by atoms with E-state index < -0.39 is 0 Å². The van der Waals surface area contributed by atoms with Crippen molar-refractivity contribution in [3.63, 3.8) is 0 Å². The predicted molar refractivity (Wildman–Crippen MR) is 66.4 cm³/mol. The molecule has 2 aliphatic rings. The van der Waals surface area contributed by atoms with Gasteiger partial charge in [-0.05, 0) is 25.2 Å². The molecular formula is C13H26N2O. The summed E-state index contributed by atoms with van der Waals surface area (Å²) < 4.78 is 5.42. The number of nitrogens with zero attached hydrogens (tertiary/aromatic N) is 1. The number of morpholine rings is 1. The molecule has 1 saturated carbocycles. The zero-order chi connectivity index (χ0) is 11.4. The van der Waals surface area contributed by atoms with Crippen molar-refractivity contribution in [2.24, 2.45) is 11.7 Å². The van der Waals surface area contributed by atoms with Crippen LogP contribution in [0.5, 0.6) is 0 Å². The number of nitrogens with two attached hydrogens (primary N) is 1. The predicted octanol–water partition coefficient (Wildman–Crippen LogP) is 1.61. The van der Waals surface area contributed by atoms with E-state index >= 15 is 0 Å². The van der Waals surface area contributed by atoms with Crippen LogP contribution in [0.1, 0.15) is 39.0 Å². The van der Waals surface area contributed by atoms with Crippen molar-refractivity contribution in [3.05, 3.63) is 0 Å². The van der Waals surface area contributed by atoms with Crippen LogP contribution in [0, 0.1) is 5.92 Å². The molecule has 3 nitrogen and oxygen atoms in total. The zero-order valence-corrected chi connectivity index (χ0v) is 10.5. The van der Waals surface area contributed by atoms with Gasteiger partial charge in [0.1, 0.15) is 0 Å². The minimum Gasteiger partial charge on any atom is -0.379 e. The van der Waals surface area contributed by atoms with Gasteiger partial charge in [0.2, 0.25) is 0 Å². The van der Waals surface area contributed by atoms with Gasteiger partial charge in [0.15, 0.2) is 0 Å². The molecule has 0 aromatic rings. The van der Waals surface area contributed by atoms with Crippen LogP contribution in [0.4, 0.5) is 0 Å². The van der Waals surface area contributed by atoms with Crippen LogP contribution >= 0.6 is 0 Å². The molecule has 94 valence electrons. The molecule has 1 aliphatic heterocycles. The standard InChI is InChI=1S/C13H26N2O/c1-2-3-11-4-5-12(14)13(10-11)15-6-8-16-9-7-15/h11-13H,2-10,14H2,1H3. The highest BCUT2D eigenvalue weighted by Gasteiger charge is 2.32. The van der Waals surface area contributed by atoms with E-state index in [1.807, 2.05) is 0 Å². The van der Waals surface area contributed by atoms with Crippen molar-refractivity contribution in [1.29, 1.82) is 0 Å². The van der Waals surface area contributed by atoms with Crippen LogP contribution in [0.2, 0.25) is 0 Å². The maximum absolute atomic E-state index is 6.29. The molecule has 0 radical (unpaired) electrons. The van der Waals surface area contributed by atoms with Gasteiger partial charge in [0.25, 0.3) is 0 Å². The minimum absolute atomic E-state index is 0.395. The van der Waals surface area contributed by atoms with E-state index in [0.29, 0.717) is 12.1 Å². The number of rotatable bonds is 3. The van der Waals surface area contributed by atoms with E-state index in [1.54, 1.807) is 0 Å². The normalized spacial score (nSPS) is 37.5. The third kappa shape index (κ3) is 2.96. The topological polar surface area (TPSA) is 38.5 Å². The van der Waals surface area contributed by atoms with Gasteiger partial charge in [-0.3, -0.25) is 4.90 Å². The summed E-state index contributed by atoms with van der Waals surface area (Å²) >= 11 is 0. The molecule has 0 spiro atoms. The minimum atomic E-state index is 0.395. The van der Waals surface area contributed by atoms with Gasteiger partial charge < -0.3 is 10.5 Å². The van der Waals surface area contributed by atoms with E-state index in [-0.39, 0.29) is 0 Å². The molecule has 0 aromatic heterocycles. The number of hydrogen-bond donors (Lipinski definition) is 1. The van der Waals surface area contributed by atoms with Crippen LogP contribution < -0.4 is 5.73 Å². The van der Waals surface area contributed by atoms with Crippen molar-refractivity contribution in [2.75, 3.05) is 26.3 Å². The highest BCUT2D eigenvalue weighted by molar-refractivity contribution is 4.89. The molecule has 2 N–H and O–H groups in total. The van der Waals surface area contributed by atoms with Gasteiger partial charge in [0, 0.05) is 25.2 Å². The van der Waals surface area contributed by atoms with Crippen LogP contribution in [-0.4, -0.2) is 43.3 Å². The van der Waals surface area contributed by atoms with Gasteiger partial charge >= 0.3 is 0 Å². The Balaban J connectivity index is 1.89. The molecule has 2 rings (SSSR count). The lowest BCUT2D eigenvalue weighted by Gasteiger charge is -2.42. The molecule has 1 saturated heterocycles. The second-order valence-corrected chi connectivity index (χ2v) is 5.35.